The lowest BCUT2D eigenvalue weighted by molar-refractivity contribution is -0.137. The molecule has 2 atom stereocenters. The van der Waals surface area contributed by atoms with E-state index < -0.39 is 5.97 Å². The quantitative estimate of drug-likeness (QED) is 0.712. The van der Waals surface area contributed by atoms with E-state index in [1.54, 1.807) is 0 Å². The second-order valence-electron chi connectivity index (χ2n) is 6.00. The summed E-state index contributed by atoms with van der Waals surface area (Å²) in [4.78, 5) is 24.7. The molecule has 1 aliphatic heterocycles. The third kappa shape index (κ3) is 6.37. The van der Waals surface area contributed by atoms with Crippen molar-refractivity contribution in [1.82, 2.24) is 4.90 Å². The van der Waals surface area contributed by atoms with Crippen LogP contribution in [0.15, 0.2) is 0 Å². The molecule has 1 aliphatic rings. The highest BCUT2D eigenvalue weighted by atomic mass is 16.4. The predicted molar refractivity (Wildman–Crippen MR) is 78.2 cm³/mol. The zero-order valence-corrected chi connectivity index (χ0v) is 12.5. The number of piperidine rings is 1. The number of carboxylic acid groups (broad SMARTS) is 1. The molecule has 0 radical (unpaired) electrons. The van der Waals surface area contributed by atoms with Gasteiger partial charge in [-0.25, -0.2) is 0 Å². The second-order valence-corrected chi connectivity index (χ2v) is 6.00. The van der Waals surface area contributed by atoms with E-state index in [0.29, 0.717) is 31.2 Å². The summed E-state index contributed by atoms with van der Waals surface area (Å²) in [5.74, 6) is 0.319. The minimum atomic E-state index is -0.746. The number of likely N-dealkylation sites (tertiary alicyclic amines) is 1. The summed E-state index contributed by atoms with van der Waals surface area (Å²) in [7, 11) is 0. The van der Waals surface area contributed by atoms with E-state index >= 15 is 0 Å². The molecule has 0 aliphatic carbocycles. The van der Waals surface area contributed by atoms with E-state index in [9.17, 15) is 9.59 Å². The SMILES string of the molecule is CC(CCN)CCC(=O)N1CCCC(CCC(=O)O)C1. The Balaban J connectivity index is 2.30. The molecule has 116 valence electrons. The standard InChI is InChI=1S/C15H28N2O3/c1-12(8-9-16)4-6-14(18)17-10-2-3-13(11-17)5-7-15(19)20/h12-13H,2-11,16H2,1H3,(H,19,20). The zero-order valence-electron chi connectivity index (χ0n) is 12.5. The van der Waals surface area contributed by atoms with Crippen LogP contribution >= 0.6 is 0 Å². The van der Waals surface area contributed by atoms with Crippen molar-refractivity contribution >= 4 is 11.9 Å². The Morgan fingerprint density at radius 2 is 2.10 bits per heavy atom. The van der Waals surface area contributed by atoms with Crippen LogP contribution in [-0.2, 0) is 9.59 Å². The minimum absolute atomic E-state index is 0.209. The summed E-state index contributed by atoms with van der Waals surface area (Å²) < 4.78 is 0. The first-order valence-electron chi connectivity index (χ1n) is 7.72. The Bertz CT molecular complexity index is 320. The van der Waals surface area contributed by atoms with Crippen LogP contribution in [0.2, 0.25) is 0 Å². The van der Waals surface area contributed by atoms with Crippen molar-refractivity contribution in [3.8, 4) is 0 Å². The lowest BCUT2D eigenvalue weighted by Crippen LogP contribution is -2.40. The van der Waals surface area contributed by atoms with Crippen molar-refractivity contribution in [2.75, 3.05) is 19.6 Å². The van der Waals surface area contributed by atoms with Gasteiger partial charge in [0.05, 0.1) is 0 Å². The van der Waals surface area contributed by atoms with E-state index in [-0.39, 0.29) is 12.3 Å². The monoisotopic (exact) mass is 284 g/mol. The average molecular weight is 284 g/mol. The molecule has 1 saturated heterocycles. The number of hydrogen-bond acceptors (Lipinski definition) is 3. The number of nitrogens with two attached hydrogens (primary N) is 1. The first-order valence-corrected chi connectivity index (χ1v) is 7.72. The van der Waals surface area contributed by atoms with E-state index in [4.69, 9.17) is 10.8 Å². The number of aliphatic carboxylic acids is 1. The van der Waals surface area contributed by atoms with Crippen LogP contribution < -0.4 is 5.73 Å². The van der Waals surface area contributed by atoms with Crippen molar-refractivity contribution in [2.45, 2.75) is 51.9 Å². The van der Waals surface area contributed by atoms with Crippen molar-refractivity contribution in [3.63, 3.8) is 0 Å². The maximum atomic E-state index is 12.2. The van der Waals surface area contributed by atoms with Gasteiger partial charge in [0.1, 0.15) is 0 Å². The summed E-state index contributed by atoms with van der Waals surface area (Å²) >= 11 is 0. The van der Waals surface area contributed by atoms with E-state index in [1.165, 1.54) is 0 Å². The third-order valence-electron chi connectivity index (χ3n) is 4.15. The molecular formula is C15H28N2O3. The van der Waals surface area contributed by atoms with E-state index in [1.807, 2.05) is 4.90 Å². The average Bonchev–Trinajstić information content (AvgIpc) is 2.43. The van der Waals surface area contributed by atoms with Crippen LogP contribution in [0.4, 0.5) is 0 Å². The molecule has 20 heavy (non-hydrogen) atoms. The molecule has 1 heterocycles. The maximum Gasteiger partial charge on any atom is 0.303 e. The number of rotatable bonds is 8. The van der Waals surface area contributed by atoms with Gasteiger partial charge in [0.25, 0.3) is 0 Å². The maximum absolute atomic E-state index is 12.2. The van der Waals surface area contributed by atoms with Crippen LogP contribution in [0, 0.1) is 11.8 Å². The fourth-order valence-electron chi connectivity index (χ4n) is 2.81. The Morgan fingerprint density at radius 3 is 2.75 bits per heavy atom. The van der Waals surface area contributed by atoms with Crippen LogP contribution in [0.5, 0.6) is 0 Å². The zero-order chi connectivity index (χ0) is 15.0. The lowest BCUT2D eigenvalue weighted by atomic mass is 9.93. The molecule has 1 amide bonds. The topological polar surface area (TPSA) is 83.6 Å². The molecule has 2 unspecified atom stereocenters. The molecule has 0 spiro atoms. The number of amides is 1. The Labute approximate surface area is 121 Å². The molecular weight excluding hydrogens is 256 g/mol. The summed E-state index contributed by atoms with van der Waals surface area (Å²) in [6.07, 6.45) is 5.38. The first-order chi connectivity index (χ1) is 9.52. The summed E-state index contributed by atoms with van der Waals surface area (Å²) in [6.45, 7) is 4.37. The summed E-state index contributed by atoms with van der Waals surface area (Å²) in [6, 6.07) is 0. The third-order valence-corrected chi connectivity index (χ3v) is 4.15. The molecule has 1 fully saturated rings. The molecule has 0 bridgehead atoms. The fraction of sp³-hybridized carbons (Fsp3) is 0.867. The number of carboxylic acids is 1. The van der Waals surface area contributed by atoms with Crippen molar-refractivity contribution in [2.24, 2.45) is 17.6 Å². The molecule has 0 aromatic rings. The Hall–Kier alpha value is -1.10. The number of carbonyl (C=O) groups excluding carboxylic acids is 1. The van der Waals surface area contributed by atoms with Crippen LogP contribution in [0.1, 0.15) is 51.9 Å². The van der Waals surface area contributed by atoms with Crippen LogP contribution in [0.25, 0.3) is 0 Å². The molecule has 5 nitrogen and oxygen atoms in total. The Morgan fingerprint density at radius 1 is 1.35 bits per heavy atom. The number of nitrogens with zero attached hydrogens (tertiary/aromatic N) is 1. The first kappa shape index (κ1) is 17.0. The van der Waals surface area contributed by atoms with Crippen LogP contribution in [-0.4, -0.2) is 41.5 Å². The van der Waals surface area contributed by atoms with Crippen molar-refractivity contribution in [3.05, 3.63) is 0 Å². The van der Waals surface area contributed by atoms with Crippen LogP contribution in [0.3, 0.4) is 0 Å². The Kier molecular flexibility index (Phi) is 7.59. The largest absolute Gasteiger partial charge is 0.481 e. The molecule has 5 heteroatoms. The normalized spacial score (nSPS) is 20.7. The smallest absolute Gasteiger partial charge is 0.303 e. The number of carbonyl (C=O) groups is 2. The highest BCUT2D eigenvalue weighted by molar-refractivity contribution is 5.76. The lowest BCUT2D eigenvalue weighted by Gasteiger charge is -2.33. The highest BCUT2D eigenvalue weighted by Crippen LogP contribution is 2.22. The van der Waals surface area contributed by atoms with Crippen molar-refractivity contribution < 1.29 is 14.7 Å². The van der Waals surface area contributed by atoms with Gasteiger partial charge in [-0.15, -0.1) is 0 Å². The predicted octanol–water partition coefficient (Wildman–Crippen LogP) is 1.85. The van der Waals surface area contributed by atoms with Gasteiger partial charge < -0.3 is 15.7 Å². The van der Waals surface area contributed by atoms with Crippen molar-refractivity contribution in [1.29, 1.82) is 0 Å². The summed E-state index contributed by atoms with van der Waals surface area (Å²) in [5.41, 5.74) is 5.51. The van der Waals surface area contributed by atoms with Gasteiger partial charge in [-0.3, -0.25) is 9.59 Å². The van der Waals surface area contributed by atoms with Gasteiger partial charge in [0.2, 0.25) is 5.91 Å². The number of hydrogen-bond donors (Lipinski definition) is 2. The van der Waals surface area contributed by atoms with Gasteiger partial charge in [0.15, 0.2) is 0 Å². The van der Waals surface area contributed by atoms with Gasteiger partial charge in [-0.1, -0.05) is 6.92 Å². The van der Waals surface area contributed by atoms with Gasteiger partial charge in [0, 0.05) is 25.9 Å². The fourth-order valence-corrected chi connectivity index (χ4v) is 2.81. The summed E-state index contributed by atoms with van der Waals surface area (Å²) in [5, 5.41) is 8.72. The molecule has 3 N–H and O–H groups in total. The minimum Gasteiger partial charge on any atom is -0.481 e. The highest BCUT2D eigenvalue weighted by Gasteiger charge is 2.23. The molecule has 0 aromatic heterocycles. The van der Waals surface area contributed by atoms with Gasteiger partial charge in [-0.05, 0) is 50.5 Å². The molecule has 0 saturated carbocycles. The second kappa shape index (κ2) is 8.95. The van der Waals surface area contributed by atoms with Gasteiger partial charge in [-0.2, -0.15) is 0 Å². The van der Waals surface area contributed by atoms with E-state index in [2.05, 4.69) is 6.92 Å². The molecule has 0 aromatic carbocycles. The molecule has 1 rings (SSSR count). The van der Waals surface area contributed by atoms with E-state index in [0.717, 1.165) is 38.8 Å². The van der Waals surface area contributed by atoms with Gasteiger partial charge >= 0.3 is 5.97 Å².